The first kappa shape index (κ1) is 24.7. The molecule has 0 radical (unpaired) electrons. The van der Waals surface area contributed by atoms with Crippen molar-refractivity contribution in [2.45, 2.75) is 46.1 Å². The normalized spacial score (nSPS) is 19.0. The first-order valence-electron chi connectivity index (χ1n) is 12.2. The van der Waals surface area contributed by atoms with Crippen LogP contribution in [0, 0.1) is 0 Å². The summed E-state index contributed by atoms with van der Waals surface area (Å²) in [6, 6.07) is 9.97. The van der Waals surface area contributed by atoms with Gasteiger partial charge < -0.3 is 15.0 Å². The average molecular weight is 475 g/mol. The van der Waals surface area contributed by atoms with Crippen molar-refractivity contribution < 1.29 is 14.3 Å². The Morgan fingerprint density at radius 2 is 2.00 bits per heavy atom. The Bertz CT molecular complexity index is 1160. The summed E-state index contributed by atoms with van der Waals surface area (Å²) in [5, 5.41) is 2.94. The summed E-state index contributed by atoms with van der Waals surface area (Å²) >= 11 is 0. The molecule has 1 saturated heterocycles. The van der Waals surface area contributed by atoms with Crippen molar-refractivity contribution in [1.29, 1.82) is 0 Å². The molecule has 1 unspecified atom stereocenters. The highest BCUT2D eigenvalue weighted by Crippen LogP contribution is 2.31. The molecule has 7 nitrogen and oxygen atoms in total. The van der Waals surface area contributed by atoms with Gasteiger partial charge in [0.15, 0.2) is 0 Å². The minimum absolute atomic E-state index is 0.0605. The Labute approximate surface area is 207 Å². The van der Waals surface area contributed by atoms with E-state index in [2.05, 4.69) is 35.1 Å². The molecule has 3 heterocycles. The average Bonchev–Trinajstić information content (AvgIpc) is 2.88. The number of anilines is 1. The maximum Gasteiger partial charge on any atom is 0.252 e. The van der Waals surface area contributed by atoms with E-state index in [9.17, 15) is 9.59 Å². The highest BCUT2D eigenvalue weighted by atomic mass is 16.5. The highest BCUT2D eigenvalue weighted by Gasteiger charge is 2.28. The van der Waals surface area contributed by atoms with Gasteiger partial charge in [0.05, 0.1) is 6.61 Å². The number of benzene rings is 1. The second-order valence-electron chi connectivity index (χ2n) is 9.19. The first-order valence-corrected chi connectivity index (χ1v) is 12.2. The van der Waals surface area contributed by atoms with Crippen LogP contribution in [-0.4, -0.2) is 53.3 Å². The van der Waals surface area contributed by atoms with Crippen LogP contribution in [0.25, 0.3) is 5.57 Å². The third-order valence-electron chi connectivity index (χ3n) is 6.80. The Hall–Kier alpha value is -3.45. The first-order chi connectivity index (χ1) is 16.9. The maximum absolute atomic E-state index is 13.3. The lowest BCUT2D eigenvalue weighted by Gasteiger charge is -2.40. The molecule has 2 amide bonds. The summed E-state index contributed by atoms with van der Waals surface area (Å²) in [4.78, 5) is 33.1. The topological polar surface area (TPSA) is 74.8 Å². The number of pyridine rings is 1. The van der Waals surface area contributed by atoms with Gasteiger partial charge in [-0.2, -0.15) is 0 Å². The summed E-state index contributed by atoms with van der Waals surface area (Å²) in [7, 11) is 1.85. The minimum Gasteiger partial charge on any atom is -0.370 e. The van der Waals surface area contributed by atoms with Gasteiger partial charge in [0.2, 0.25) is 5.91 Å². The highest BCUT2D eigenvalue weighted by molar-refractivity contribution is 5.95. The van der Waals surface area contributed by atoms with Gasteiger partial charge in [0.1, 0.15) is 11.9 Å². The molecule has 0 bridgehead atoms. The Balaban J connectivity index is 1.55. The number of hydrogen-bond acceptors (Lipinski definition) is 5. The molecule has 4 rings (SSSR count). The number of rotatable bonds is 6. The molecule has 2 aliphatic heterocycles. The van der Waals surface area contributed by atoms with Gasteiger partial charge in [-0.25, -0.2) is 0 Å². The predicted molar refractivity (Wildman–Crippen MR) is 137 cm³/mol. The van der Waals surface area contributed by atoms with Gasteiger partial charge in [-0.1, -0.05) is 19.1 Å². The van der Waals surface area contributed by atoms with Crippen molar-refractivity contribution in [3.8, 4) is 0 Å². The number of aryl methyl sites for hydroxylation is 1. The maximum atomic E-state index is 13.3. The summed E-state index contributed by atoms with van der Waals surface area (Å²) in [5.41, 5.74) is 6.17. The number of carbonyl (C=O) groups excluding carboxylic acids is 2. The number of morpholine rings is 1. The van der Waals surface area contributed by atoms with Crippen molar-refractivity contribution in [1.82, 2.24) is 14.8 Å². The standard InChI is InChI=1S/C28H34N4O3/c1-5-19(2)28(31(4)27(34)16-20(3)21-10-12-29-13-11-21)32-14-15-35-25(18-32)23-6-8-24-22(17-23)7-9-26(33)30-24/h6,8,10-13,16-17,25H,5,7,9,14-15,18H2,1-4H3,(H,30,33)/b20-16+,28-19-. The molecule has 1 fully saturated rings. The number of amides is 2. The van der Waals surface area contributed by atoms with Crippen molar-refractivity contribution >= 4 is 23.1 Å². The van der Waals surface area contributed by atoms with Crippen molar-refractivity contribution in [3.63, 3.8) is 0 Å². The lowest BCUT2D eigenvalue weighted by Crippen LogP contribution is -2.44. The zero-order chi connectivity index (χ0) is 24.9. The molecule has 1 N–H and O–H groups in total. The van der Waals surface area contributed by atoms with Crippen molar-refractivity contribution in [2.75, 3.05) is 32.1 Å². The molecule has 35 heavy (non-hydrogen) atoms. The second kappa shape index (κ2) is 10.9. The van der Waals surface area contributed by atoms with Gasteiger partial charge in [0.25, 0.3) is 5.91 Å². The lowest BCUT2D eigenvalue weighted by atomic mass is 9.97. The van der Waals surface area contributed by atoms with Gasteiger partial charge in [0, 0.05) is 50.7 Å². The van der Waals surface area contributed by atoms with Gasteiger partial charge >= 0.3 is 0 Å². The molecule has 7 heteroatoms. The van der Waals surface area contributed by atoms with Crippen LogP contribution >= 0.6 is 0 Å². The molecular weight excluding hydrogens is 440 g/mol. The fourth-order valence-electron chi connectivity index (χ4n) is 4.66. The minimum atomic E-state index is -0.107. The molecule has 0 saturated carbocycles. The van der Waals surface area contributed by atoms with E-state index in [0.717, 1.165) is 58.7 Å². The van der Waals surface area contributed by atoms with E-state index >= 15 is 0 Å². The second-order valence-corrected chi connectivity index (χ2v) is 9.19. The molecule has 1 aromatic heterocycles. The van der Waals surface area contributed by atoms with Crippen LogP contribution in [0.1, 0.15) is 56.4 Å². The number of allylic oxidation sites excluding steroid dienone is 2. The van der Waals surface area contributed by atoms with Crippen molar-refractivity contribution in [3.05, 3.63) is 76.9 Å². The fraction of sp³-hybridized carbons (Fsp3) is 0.393. The van der Waals surface area contributed by atoms with Crippen LogP contribution in [0.2, 0.25) is 0 Å². The predicted octanol–water partition coefficient (Wildman–Crippen LogP) is 4.54. The number of carbonyl (C=O) groups is 2. The van der Waals surface area contributed by atoms with Gasteiger partial charge in [-0.15, -0.1) is 0 Å². The summed E-state index contributed by atoms with van der Waals surface area (Å²) in [6.45, 7) is 8.09. The monoisotopic (exact) mass is 474 g/mol. The number of fused-ring (bicyclic) bond motifs is 1. The van der Waals surface area contributed by atoms with Crippen molar-refractivity contribution in [2.24, 2.45) is 0 Å². The van der Waals surface area contributed by atoms with Crippen LogP contribution in [0.4, 0.5) is 5.69 Å². The van der Waals surface area contributed by atoms with Crippen LogP contribution < -0.4 is 5.32 Å². The van der Waals surface area contributed by atoms with Crippen LogP contribution in [-0.2, 0) is 20.7 Å². The van der Waals surface area contributed by atoms with Crippen LogP contribution in [0.3, 0.4) is 0 Å². The van der Waals surface area contributed by atoms with E-state index in [4.69, 9.17) is 4.74 Å². The Morgan fingerprint density at radius 3 is 2.74 bits per heavy atom. The number of aromatic nitrogens is 1. The molecule has 2 aliphatic rings. The molecule has 0 spiro atoms. The number of likely N-dealkylation sites (N-methyl/N-ethyl adjacent to an activating group) is 1. The molecule has 1 atom stereocenters. The quantitative estimate of drug-likeness (QED) is 0.622. The smallest absolute Gasteiger partial charge is 0.252 e. The number of nitrogens with zero attached hydrogens (tertiary/aromatic N) is 3. The largest absolute Gasteiger partial charge is 0.370 e. The van der Waals surface area contributed by atoms with E-state index in [0.29, 0.717) is 19.6 Å². The van der Waals surface area contributed by atoms with Crippen LogP contribution in [0.15, 0.2) is 60.2 Å². The number of hydrogen-bond donors (Lipinski definition) is 1. The Kier molecular flexibility index (Phi) is 7.66. The summed E-state index contributed by atoms with van der Waals surface area (Å²) in [6.07, 6.45) is 7.14. The lowest BCUT2D eigenvalue weighted by molar-refractivity contribution is -0.125. The molecule has 2 aromatic rings. The SMILES string of the molecule is CC/C(C)=C(\N1CCOC(c2ccc3c(c2)CCC(=O)N3)C1)N(C)C(=O)/C=C(\C)c1ccncc1. The fourth-order valence-corrected chi connectivity index (χ4v) is 4.66. The van der Waals surface area contributed by atoms with E-state index in [-0.39, 0.29) is 17.9 Å². The van der Waals surface area contributed by atoms with E-state index < -0.39 is 0 Å². The summed E-state index contributed by atoms with van der Waals surface area (Å²) < 4.78 is 6.16. The zero-order valence-electron chi connectivity index (χ0n) is 21.0. The van der Waals surface area contributed by atoms with Gasteiger partial charge in [-0.05, 0) is 72.7 Å². The molecule has 0 aliphatic carbocycles. The zero-order valence-corrected chi connectivity index (χ0v) is 21.0. The third-order valence-corrected chi connectivity index (χ3v) is 6.80. The molecular formula is C28H34N4O3. The van der Waals surface area contributed by atoms with E-state index in [1.54, 1.807) is 23.4 Å². The van der Waals surface area contributed by atoms with Crippen LogP contribution in [0.5, 0.6) is 0 Å². The molecule has 1 aromatic carbocycles. The van der Waals surface area contributed by atoms with E-state index in [1.807, 2.05) is 38.2 Å². The summed E-state index contributed by atoms with van der Waals surface area (Å²) in [5.74, 6) is 0.945. The third kappa shape index (κ3) is 5.62. The number of ether oxygens (including phenoxy) is 1. The van der Waals surface area contributed by atoms with E-state index in [1.165, 1.54) is 0 Å². The van der Waals surface area contributed by atoms with Gasteiger partial charge in [-0.3, -0.25) is 19.5 Å². The number of nitrogens with one attached hydrogen (secondary N) is 1. The Morgan fingerprint density at radius 1 is 1.23 bits per heavy atom. The molecule has 184 valence electrons.